The summed E-state index contributed by atoms with van der Waals surface area (Å²) in [6, 6.07) is 4.00. The zero-order valence-corrected chi connectivity index (χ0v) is 9.74. The number of nitrogens with zero attached hydrogens (tertiary/aromatic N) is 1. The van der Waals surface area contributed by atoms with Crippen LogP contribution < -0.4 is 16.0 Å². The lowest BCUT2D eigenvalue weighted by molar-refractivity contribution is 0.415. The highest BCUT2D eigenvalue weighted by atomic mass is 19.1. The Hall–Kier alpha value is -2.21. The van der Waals surface area contributed by atoms with Crippen molar-refractivity contribution in [2.75, 3.05) is 7.11 Å². The first kappa shape index (κ1) is 12.3. The molecule has 2 rings (SSSR count). The maximum atomic E-state index is 13.2. The van der Waals surface area contributed by atoms with E-state index in [-0.39, 0.29) is 17.9 Å². The largest absolute Gasteiger partial charge is 0.496 e. The summed E-state index contributed by atoms with van der Waals surface area (Å²) < 4.78 is 18.3. The van der Waals surface area contributed by atoms with Crippen molar-refractivity contribution in [2.24, 2.45) is 5.73 Å². The van der Waals surface area contributed by atoms with Crippen molar-refractivity contribution in [3.05, 3.63) is 46.1 Å². The molecule has 3 N–H and O–H groups in total. The molecule has 5 nitrogen and oxygen atoms in total. The van der Waals surface area contributed by atoms with Crippen LogP contribution in [0.3, 0.4) is 0 Å². The van der Waals surface area contributed by atoms with Crippen LogP contribution in [0, 0.1) is 5.82 Å². The van der Waals surface area contributed by atoms with Gasteiger partial charge in [0.2, 0.25) is 0 Å². The van der Waals surface area contributed by atoms with Crippen LogP contribution >= 0.6 is 0 Å². The molecule has 0 amide bonds. The minimum absolute atomic E-state index is 0.100. The van der Waals surface area contributed by atoms with Crippen LogP contribution in [-0.2, 0) is 6.54 Å². The summed E-state index contributed by atoms with van der Waals surface area (Å²) in [5, 5.41) is 0. The first-order chi connectivity index (χ1) is 8.65. The van der Waals surface area contributed by atoms with E-state index in [1.54, 1.807) is 0 Å². The van der Waals surface area contributed by atoms with Gasteiger partial charge in [0.05, 0.1) is 12.7 Å². The van der Waals surface area contributed by atoms with Crippen LogP contribution in [0.5, 0.6) is 5.75 Å². The average molecular weight is 249 g/mol. The molecule has 1 aromatic heterocycles. The molecule has 0 saturated carbocycles. The van der Waals surface area contributed by atoms with E-state index in [9.17, 15) is 9.18 Å². The second-order valence-corrected chi connectivity index (χ2v) is 3.63. The molecule has 0 aliphatic heterocycles. The third kappa shape index (κ3) is 2.23. The second kappa shape index (κ2) is 4.97. The van der Waals surface area contributed by atoms with Crippen molar-refractivity contribution in [3.8, 4) is 17.1 Å². The number of methoxy groups -OCH3 is 1. The second-order valence-electron chi connectivity index (χ2n) is 3.63. The zero-order chi connectivity index (χ0) is 13.1. The standard InChI is InChI=1S/C12H12FN3O2/c1-18-10-3-2-8(13)4-9(10)11-15-6-7(5-14)12(17)16-11/h2-4,6H,5,14H2,1H3,(H,15,16,17). The fraction of sp³-hybridized carbons (Fsp3) is 0.167. The predicted octanol–water partition coefficient (Wildman–Crippen LogP) is 1.04. The van der Waals surface area contributed by atoms with Crippen molar-refractivity contribution in [3.63, 3.8) is 0 Å². The summed E-state index contributed by atoms with van der Waals surface area (Å²) in [6.45, 7) is 0.100. The monoisotopic (exact) mass is 249 g/mol. The molecule has 0 saturated heterocycles. The molecule has 0 aliphatic rings. The number of aromatic amines is 1. The van der Waals surface area contributed by atoms with Gasteiger partial charge in [0.25, 0.3) is 5.56 Å². The number of rotatable bonds is 3. The fourth-order valence-corrected chi connectivity index (χ4v) is 1.57. The maximum absolute atomic E-state index is 13.2. The molecule has 0 bridgehead atoms. The van der Waals surface area contributed by atoms with Gasteiger partial charge in [0.1, 0.15) is 17.4 Å². The quantitative estimate of drug-likeness (QED) is 0.851. The number of H-pyrrole nitrogens is 1. The highest BCUT2D eigenvalue weighted by Gasteiger charge is 2.10. The summed E-state index contributed by atoms with van der Waals surface area (Å²) in [7, 11) is 1.46. The minimum atomic E-state index is -0.434. The summed E-state index contributed by atoms with van der Waals surface area (Å²) in [6.07, 6.45) is 1.37. The normalized spacial score (nSPS) is 10.4. The van der Waals surface area contributed by atoms with Gasteiger partial charge in [-0.1, -0.05) is 0 Å². The SMILES string of the molecule is COc1ccc(F)cc1-c1ncc(CN)c(=O)[nH]1. The lowest BCUT2D eigenvalue weighted by Crippen LogP contribution is -2.17. The summed E-state index contributed by atoms with van der Waals surface area (Å²) in [5.41, 5.74) is 5.79. The Labute approximate surface area is 102 Å². The number of ether oxygens (including phenoxy) is 1. The highest BCUT2D eigenvalue weighted by molar-refractivity contribution is 5.63. The third-order valence-electron chi connectivity index (χ3n) is 2.51. The van der Waals surface area contributed by atoms with E-state index in [0.717, 1.165) is 0 Å². The van der Waals surface area contributed by atoms with Gasteiger partial charge < -0.3 is 15.5 Å². The Morgan fingerprint density at radius 2 is 2.28 bits per heavy atom. The van der Waals surface area contributed by atoms with Crippen molar-refractivity contribution in [1.82, 2.24) is 9.97 Å². The van der Waals surface area contributed by atoms with Crippen molar-refractivity contribution in [2.45, 2.75) is 6.54 Å². The zero-order valence-electron chi connectivity index (χ0n) is 9.74. The molecule has 2 aromatic rings. The average Bonchev–Trinajstić information content (AvgIpc) is 2.38. The molecular formula is C12H12FN3O2. The minimum Gasteiger partial charge on any atom is -0.496 e. The van der Waals surface area contributed by atoms with E-state index < -0.39 is 5.82 Å². The van der Waals surface area contributed by atoms with Gasteiger partial charge in [-0.15, -0.1) is 0 Å². The van der Waals surface area contributed by atoms with Crippen molar-refractivity contribution >= 4 is 0 Å². The number of benzene rings is 1. The topological polar surface area (TPSA) is 81.0 Å². The molecule has 0 spiro atoms. The van der Waals surface area contributed by atoms with Crippen LogP contribution in [0.25, 0.3) is 11.4 Å². The van der Waals surface area contributed by atoms with E-state index in [2.05, 4.69) is 9.97 Å². The van der Waals surface area contributed by atoms with Crippen LogP contribution in [0.4, 0.5) is 4.39 Å². The van der Waals surface area contributed by atoms with E-state index in [1.165, 1.54) is 31.5 Å². The highest BCUT2D eigenvalue weighted by Crippen LogP contribution is 2.27. The Bertz CT molecular complexity index is 625. The van der Waals surface area contributed by atoms with Gasteiger partial charge in [-0.25, -0.2) is 9.37 Å². The number of halogens is 1. The van der Waals surface area contributed by atoms with E-state index >= 15 is 0 Å². The molecule has 0 fully saturated rings. The van der Waals surface area contributed by atoms with Crippen LogP contribution in [0.1, 0.15) is 5.56 Å². The molecule has 6 heteroatoms. The van der Waals surface area contributed by atoms with Crippen LogP contribution in [0.2, 0.25) is 0 Å². The first-order valence-corrected chi connectivity index (χ1v) is 5.28. The molecule has 0 aliphatic carbocycles. The third-order valence-corrected chi connectivity index (χ3v) is 2.51. The smallest absolute Gasteiger partial charge is 0.255 e. The molecule has 1 aromatic carbocycles. The van der Waals surface area contributed by atoms with Gasteiger partial charge in [-0.3, -0.25) is 4.79 Å². The van der Waals surface area contributed by atoms with Crippen molar-refractivity contribution < 1.29 is 9.13 Å². The molecule has 0 radical (unpaired) electrons. The number of nitrogens with two attached hydrogens (primary N) is 1. The lowest BCUT2D eigenvalue weighted by atomic mass is 10.1. The summed E-state index contributed by atoms with van der Waals surface area (Å²) >= 11 is 0. The van der Waals surface area contributed by atoms with Crippen LogP contribution in [-0.4, -0.2) is 17.1 Å². The number of aromatic nitrogens is 2. The summed E-state index contributed by atoms with van der Waals surface area (Å²) in [4.78, 5) is 18.2. The molecular weight excluding hydrogens is 237 g/mol. The number of nitrogens with one attached hydrogen (secondary N) is 1. The first-order valence-electron chi connectivity index (χ1n) is 5.28. The molecule has 0 unspecified atom stereocenters. The Morgan fingerprint density at radius 3 is 2.89 bits per heavy atom. The Balaban J connectivity index is 2.58. The number of hydrogen-bond acceptors (Lipinski definition) is 4. The van der Waals surface area contributed by atoms with Crippen molar-refractivity contribution in [1.29, 1.82) is 0 Å². The number of hydrogen-bond donors (Lipinski definition) is 2. The van der Waals surface area contributed by atoms with Crippen LogP contribution in [0.15, 0.2) is 29.2 Å². The van der Waals surface area contributed by atoms with E-state index in [4.69, 9.17) is 10.5 Å². The summed E-state index contributed by atoms with van der Waals surface area (Å²) in [5.74, 6) is 0.241. The van der Waals surface area contributed by atoms with Gasteiger partial charge in [0, 0.05) is 18.3 Å². The van der Waals surface area contributed by atoms with Gasteiger partial charge in [-0.2, -0.15) is 0 Å². The lowest BCUT2D eigenvalue weighted by Gasteiger charge is -2.08. The Kier molecular flexibility index (Phi) is 3.38. The Morgan fingerprint density at radius 1 is 1.50 bits per heavy atom. The molecule has 94 valence electrons. The molecule has 0 atom stereocenters. The molecule has 18 heavy (non-hydrogen) atoms. The van der Waals surface area contributed by atoms with Gasteiger partial charge in [0.15, 0.2) is 0 Å². The van der Waals surface area contributed by atoms with Gasteiger partial charge >= 0.3 is 0 Å². The fourth-order valence-electron chi connectivity index (χ4n) is 1.57. The van der Waals surface area contributed by atoms with Gasteiger partial charge in [-0.05, 0) is 18.2 Å². The van der Waals surface area contributed by atoms with E-state index in [1.807, 2.05) is 0 Å². The maximum Gasteiger partial charge on any atom is 0.255 e. The predicted molar refractivity (Wildman–Crippen MR) is 64.7 cm³/mol. The van der Waals surface area contributed by atoms with E-state index in [0.29, 0.717) is 16.9 Å². The molecule has 1 heterocycles.